The van der Waals surface area contributed by atoms with E-state index in [2.05, 4.69) is 4.98 Å². The number of rotatable bonds is 4. The maximum absolute atomic E-state index is 12.3. The predicted molar refractivity (Wildman–Crippen MR) is 61.9 cm³/mol. The molecule has 1 aromatic heterocycles. The summed E-state index contributed by atoms with van der Waals surface area (Å²) in [4.78, 5) is 14.4. The zero-order valence-electron chi connectivity index (χ0n) is 10.1. The lowest BCUT2D eigenvalue weighted by molar-refractivity contribution is -0.138. The van der Waals surface area contributed by atoms with Gasteiger partial charge in [-0.15, -0.1) is 0 Å². The summed E-state index contributed by atoms with van der Waals surface area (Å²) < 4.78 is 49.0. The molecule has 0 spiro atoms. The monoisotopic (exact) mass is 295 g/mol. The summed E-state index contributed by atoms with van der Waals surface area (Å²) >= 11 is 0. The minimum Gasteiger partial charge on any atom is -0.480 e. The number of carboxylic acid groups (broad SMARTS) is 1. The van der Waals surface area contributed by atoms with Gasteiger partial charge in [0.25, 0.3) is 0 Å². The van der Waals surface area contributed by atoms with E-state index in [1.807, 2.05) is 0 Å². The number of nitrogens with zero attached hydrogens (tertiary/aromatic N) is 1. The second kappa shape index (κ2) is 5.68. The van der Waals surface area contributed by atoms with Crippen LogP contribution in [0, 0.1) is 5.92 Å². The lowest BCUT2D eigenvalue weighted by atomic mass is 10.1. The van der Waals surface area contributed by atoms with Crippen LogP contribution < -0.4 is 0 Å². The van der Waals surface area contributed by atoms with Crippen LogP contribution in [0.5, 0.6) is 0 Å². The van der Waals surface area contributed by atoms with Gasteiger partial charge in [0.05, 0.1) is 16.4 Å². The largest absolute Gasteiger partial charge is 0.480 e. The van der Waals surface area contributed by atoms with E-state index in [-0.39, 0.29) is 5.03 Å². The fourth-order valence-electron chi connectivity index (χ4n) is 1.42. The van der Waals surface area contributed by atoms with Crippen molar-refractivity contribution in [3.8, 4) is 0 Å². The molecular formula is C11H12F3NO3S. The zero-order chi connectivity index (χ0) is 14.8. The van der Waals surface area contributed by atoms with Crippen LogP contribution in [-0.4, -0.2) is 25.5 Å². The van der Waals surface area contributed by atoms with Gasteiger partial charge < -0.3 is 5.11 Å². The molecule has 19 heavy (non-hydrogen) atoms. The SMILES string of the molecule is CC(C)C(C(=O)O)S(=O)c1ccc(C(F)(F)F)cn1. The first-order chi connectivity index (χ1) is 8.64. The highest BCUT2D eigenvalue weighted by atomic mass is 32.2. The Balaban J connectivity index is 3.04. The maximum Gasteiger partial charge on any atom is 0.417 e. The lowest BCUT2D eigenvalue weighted by Crippen LogP contribution is -2.31. The van der Waals surface area contributed by atoms with Gasteiger partial charge in [-0.2, -0.15) is 13.2 Å². The normalized spacial score (nSPS) is 15.3. The van der Waals surface area contributed by atoms with Gasteiger partial charge in [-0.05, 0) is 18.1 Å². The highest BCUT2D eigenvalue weighted by Crippen LogP contribution is 2.29. The smallest absolute Gasteiger partial charge is 0.417 e. The highest BCUT2D eigenvalue weighted by molar-refractivity contribution is 7.86. The summed E-state index contributed by atoms with van der Waals surface area (Å²) in [5.74, 6) is -1.70. The molecule has 1 rings (SSSR count). The second-order valence-corrected chi connectivity index (χ2v) is 5.70. The molecule has 0 aliphatic carbocycles. The summed E-state index contributed by atoms with van der Waals surface area (Å²) in [5, 5.41) is 7.58. The van der Waals surface area contributed by atoms with Crippen molar-refractivity contribution >= 4 is 16.8 Å². The van der Waals surface area contributed by atoms with Crippen LogP contribution in [0.3, 0.4) is 0 Å². The topological polar surface area (TPSA) is 67.3 Å². The van der Waals surface area contributed by atoms with Crippen molar-refractivity contribution in [2.45, 2.75) is 30.3 Å². The number of hydrogen-bond donors (Lipinski definition) is 1. The molecule has 0 amide bonds. The van der Waals surface area contributed by atoms with Crippen molar-refractivity contribution in [1.29, 1.82) is 0 Å². The van der Waals surface area contributed by atoms with Gasteiger partial charge in [-0.25, -0.2) is 4.98 Å². The fraction of sp³-hybridized carbons (Fsp3) is 0.455. The van der Waals surface area contributed by atoms with E-state index in [1.54, 1.807) is 13.8 Å². The molecule has 106 valence electrons. The van der Waals surface area contributed by atoms with Crippen LogP contribution in [0.4, 0.5) is 13.2 Å². The molecule has 1 aromatic rings. The first-order valence-electron chi connectivity index (χ1n) is 5.31. The summed E-state index contributed by atoms with van der Waals surface area (Å²) in [6.07, 6.45) is -3.98. The maximum atomic E-state index is 12.3. The summed E-state index contributed by atoms with van der Waals surface area (Å²) in [6, 6.07) is 1.68. The molecule has 8 heteroatoms. The highest BCUT2D eigenvalue weighted by Gasteiger charge is 2.33. The number of aromatic nitrogens is 1. The fourth-order valence-corrected chi connectivity index (χ4v) is 2.72. The standard InChI is InChI=1S/C11H12F3NO3S/c1-6(2)9(10(16)17)19(18)8-4-3-7(5-15-8)11(12,13)14/h3-6,9H,1-2H3,(H,16,17). The summed E-state index contributed by atoms with van der Waals surface area (Å²) in [7, 11) is -1.99. The second-order valence-electron chi connectivity index (χ2n) is 4.18. The van der Waals surface area contributed by atoms with E-state index in [0.717, 1.165) is 12.1 Å². The average molecular weight is 295 g/mol. The molecule has 0 aromatic carbocycles. The van der Waals surface area contributed by atoms with E-state index in [1.165, 1.54) is 0 Å². The number of alkyl halides is 3. The summed E-state index contributed by atoms with van der Waals surface area (Å²) in [6.45, 7) is 3.14. The molecule has 0 bridgehead atoms. The molecule has 0 radical (unpaired) electrons. The lowest BCUT2D eigenvalue weighted by Gasteiger charge is -2.15. The van der Waals surface area contributed by atoms with E-state index < -0.39 is 39.7 Å². The number of carboxylic acids is 1. The Hall–Kier alpha value is -1.44. The van der Waals surface area contributed by atoms with Crippen molar-refractivity contribution in [1.82, 2.24) is 4.98 Å². The Morgan fingerprint density at radius 2 is 1.95 bits per heavy atom. The van der Waals surface area contributed by atoms with Gasteiger partial charge in [-0.1, -0.05) is 13.8 Å². The van der Waals surface area contributed by atoms with E-state index >= 15 is 0 Å². The molecule has 0 saturated carbocycles. The van der Waals surface area contributed by atoms with Crippen molar-refractivity contribution < 1.29 is 27.3 Å². The predicted octanol–water partition coefficient (Wildman–Crippen LogP) is 2.32. The van der Waals surface area contributed by atoms with Crippen molar-refractivity contribution in [2.24, 2.45) is 5.92 Å². The number of aliphatic carboxylic acids is 1. The molecule has 2 unspecified atom stereocenters. The van der Waals surface area contributed by atoms with Gasteiger partial charge in [-0.3, -0.25) is 9.00 Å². The van der Waals surface area contributed by atoms with Crippen LogP contribution in [-0.2, 0) is 21.8 Å². The average Bonchev–Trinajstić information content (AvgIpc) is 2.27. The number of hydrogen-bond acceptors (Lipinski definition) is 3. The first kappa shape index (κ1) is 15.6. The molecular weight excluding hydrogens is 283 g/mol. The molecule has 0 aliphatic heterocycles. The third-order valence-corrected chi connectivity index (χ3v) is 4.21. The van der Waals surface area contributed by atoms with E-state index in [9.17, 15) is 22.2 Å². The number of halogens is 3. The van der Waals surface area contributed by atoms with Gasteiger partial charge in [0.2, 0.25) is 0 Å². The summed E-state index contributed by atoms with van der Waals surface area (Å²) in [5.41, 5.74) is -0.968. The van der Waals surface area contributed by atoms with Gasteiger partial charge >= 0.3 is 12.1 Å². The van der Waals surface area contributed by atoms with Crippen molar-refractivity contribution in [3.63, 3.8) is 0 Å². The Labute approximate surface area is 110 Å². The zero-order valence-corrected chi connectivity index (χ0v) is 11.0. The minimum atomic E-state index is -4.53. The van der Waals surface area contributed by atoms with Crippen LogP contribution in [0.25, 0.3) is 0 Å². The van der Waals surface area contributed by atoms with Crippen LogP contribution >= 0.6 is 0 Å². The van der Waals surface area contributed by atoms with E-state index in [4.69, 9.17) is 5.11 Å². The third kappa shape index (κ3) is 3.76. The van der Waals surface area contributed by atoms with Crippen molar-refractivity contribution in [2.75, 3.05) is 0 Å². The molecule has 1 heterocycles. The minimum absolute atomic E-state index is 0.172. The Morgan fingerprint density at radius 1 is 1.37 bits per heavy atom. The third-order valence-electron chi connectivity index (χ3n) is 2.35. The van der Waals surface area contributed by atoms with Crippen LogP contribution in [0.15, 0.2) is 23.4 Å². The number of carbonyl (C=O) groups is 1. The Morgan fingerprint density at radius 3 is 2.26 bits per heavy atom. The van der Waals surface area contributed by atoms with Gasteiger partial charge in [0, 0.05) is 6.20 Å². The molecule has 4 nitrogen and oxygen atoms in total. The van der Waals surface area contributed by atoms with Crippen LogP contribution in [0.1, 0.15) is 19.4 Å². The Bertz CT molecular complexity index is 485. The van der Waals surface area contributed by atoms with Gasteiger partial charge in [0.15, 0.2) is 0 Å². The van der Waals surface area contributed by atoms with Gasteiger partial charge in [0.1, 0.15) is 10.3 Å². The van der Waals surface area contributed by atoms with Crippen molar-refractivity contribution in [3.05, 3.63) is 23.9 Å². The quantitative estimate of drug-likeness (QED) is 0.925. The van der Waals surface area contributed by atoms with E-state index in [0.29, 0.717) is 6.20 Å². The van der Waals surface area contributed by atoms with Crippen LogP contribution in [0.2, 0.25) is 0 Å². The molecule has 0 fully saturated rings. The Kier molecular flexibility index (Phi) is 4.67. The molecule has 0 aliphatic rings. The number of pyridine rings is 1. The molecule has 0 saturated heterocycles. The molecule has 1 N–H and O–H groups in total. The first-order valence-corrected chi connectivity index (χ1v) is 6.52. The molecule has 2 atom stereocenters.